The zero-order valence-electron chi connectivity index (χ0n) is 24.7. The van der Waals surface area contributed by atoms with Gasteiger partial charge in [0.2, 0.25) is 0 Å². The molecule has 0 unspecified atom stereocenters. The number of benzene rings is 2. The number of hydrogen-bond acceptors (Lipinski definition) is 9. The van der Waals surface area contributed by atoms with Crippen molar-refractivity contribution in [1.29, 1.82) is 0 Å². The quantitative estimate of drug-likeness (QED) is 0.307. The number of carbonyl (C=O) groups is 2. The summed E-state index contributed by atoms with van der Waals surface area (Å²) in [6, 6.07) is 19.1. The maximum Gasteiger partial charge on any atom is 0.416 e. The highest BCUT2D eigenvalue weighted by Crippen LogP contribution is 2.39. The van der Waals surface area contributed by atoms with Gasteiger partial charge in [-0.1, -0.05) is 12.1 Å². The number of carbonyl (C=O) groups excluding carboxylic acids is 2. The van der Waals surface area contributed by atoms with E-state index in [2.05, 4.69) is 5.32 Å². The van der Waals surface area contributed by atoms with Crippen LogP contribution in [0.2, 0.25) is 0 Å². The number of aromatic hydroxyl groups is 1. The largest absolute Gasteiger partial charge is 0.508 e. The van der Waals surface area contributed by atoms with E-state index in [-0.39, 0.29) is 42.0 Å². The molecule has 4 aromatic rings. The summed E-state index contributed by atoms with van der Waals surface area (Å²) >= 11 is 0. The standard InChI is InChI=1S/C33H33N5O7/c1-43-24-8-2-20(3-9-24)18-37-31(41)19-44-27-11-12-29(35-32(27)37)38-25-10-6-22(16-28(25)45-33(38)42)34-14-15-36-26-17-23(39)7-4-21(26)5-13-30(36)40/h2-5,7-9,11-13,17,22,25,28,34,39H,6,10,14-16,18-19H2,1H3/t22-,25-,28-/m1/s1. The topological polar surface area (TPSA) is 135 Å². The van der Waals surface area contributed by atoms with Crippen molar-refractivity contribution in [1.82, 2.24) is 14.9 Å². The van der Waals surface area contributed by atoms with Crippen LogP contribution in [0.1, 0.15) is 24.8 Å². The lowest BCUT2D eigenvalue weighted by Crippen LogP contribution is -2.47. The first-order valence-electron chi connectivity index (χ1n) is 15.0. The van der Waals surface area contributed by atoms with E-state index < -0.39 is 6.09 Å². The van der Waals surface area contributed by atoms with Gasteiger partial charge in [0.25, 0.3) is 11.5 Å². The maximum absolute atomic E-state index is 13.2. The third-order valence-electron chi connectivity index (χ3n) is 8.76. The number of phenolic OH excluding ortho intramolecular Hbond substituents is 1. The van der Waals surface area contributed by atoms with Crippen molar-refractivity contribution in [3.63, 3.8) is 0 Å². The Bertz CT molecular complexity index is 1820. The van der Waals surface area contributed by atoms with Gasteiger partial charge in [-0.2, -0.15) is 0 Å². The number of nitrogens with zero attached hydrogens (tertiary/aromatic N) is 4. The van der Waals surface area contributed by atoms with Crippen molar-refractivity contribution >= 4 is 34.5 Å². The molecule has 45 heavy (non-hydrogen) atoms. The lowest BCUT2D eigenvalue weighted by Gasteiger charge is -2.34. The fourth-order valence-corrected chi connectivity index (χ4v) is 6.47. The Hall–Kier alpha value is -5.10. The van der Waals surface area contributed by atoms with E-state index in [4.69, 9.17) is 19.2 Å². The molecule has 2 aliphatic heterocycles. The number of methoxy groups -OCH3 is 1. The lowest BCUT2D eigenvalue weighted by molar-refractivity contribution is -0.121. The van der Waals surface area contributed by atoms with E-state index in [9.17, 15) is 19.5 Å². The van der Waals surface area contributed by atoms with Crippen LogP contribution >= 0.6 is 0 Å². The van der Waals surface area contributed by atoms with Gasteiger partial charge in [-0.25, -0.2) is 9.78 Å². The summed E-state index contributed by atoms with van der Waals surface area (Å²) in [4.78, 5) is 46.6. The highest BCUT2D eigenvalue weighted by atomic mass is 16.6. The summed E-state index contributed by atoms with van der Waals surface area (Å²) in [6.07, 6.45) is 1.32. The molecule has 7 rings (SSSR count). The molecule has 1 saturated heterocycles. The van der Waals surface area contributed by atoms with Gasteiger partial charge in [0.15, 0.2) is 18.2 Å². The van der Waals surface area contributed by atoms with Crippen LogP contribution in [0.25, 0.3) is 10.9 Å². The van der Waals surface area contributed by atoms with E-state index in [0.717, 1.165) is 23.1 Å². The predicted molar refractivity (Wildman–Crippen MR) is 166 cm³/mol. The Morgan fingerprint density at radius 1 is 1.02 bits per heavy atom. The molecule has 1 aliphatic carbocycles. The molecular formula is C33H33N5O7. The number of rotatable bonds is 8. The summed E-state index contributed by atoms with van der Waals surface area (Å²) < 4.78 is 18.4. The SMILES string of the molecule is COc1ccc(CN2C(=O)COc3ccc(N4C(=O)O[C@@H]5C[C@H](NCCn6c(=O)ccc7ccc(O)cc76)CC[C@H]54)nc32)cc1. The molecule has 1 saturated carbocycles. The normalized spacial score (nSPS) is 20.9. The average molecular weight is 612 g/mol. The molecule has 0 radical (unpaired) electrons. The summed E-state index contributed by atoms with van der Waals surface area (Å²) in [5.74, 6) is 1.86. The van der Waals surface area contributed by atoms with Gasteiger partial charge in [0, 0.05) is 37.7 Å². The number of aromatic nitrogens is 2. The van der Waals surface area contributed by atoms with Gasteiger partial charge in [-0.3, -0.25) is 19.4 Å². The molecule has 2 fully saturated rings. The minimum absolute atomic E-state index is 0.0906. The zero-order valence-corrected chi connectivity index (χ0v) is 24.7. The molecule has 12 heteroatoms. The monoisotopic (exact) mass is 611 g/mol. The molecule has 2 N–H and O–H groups in total. The van der Waals surface area contributed by atoms with Crippen molar-refractivity contribution in [2.45, 2.75) is 50.5 Å². The summed E-state index contributed by atoms with van der Waals surface area (Å²) in [5.41, 5.74) is 1.45. The van der Waals surface area contributed by atoms with Gasteiger partial charge in [-0.15, -0.1) is 0 Å². The van der Waals surface area contributed by atoms with Crippen molar-refractivity contribution in [3.05, 3.63) is 82.6 Å². The van der Waals surface area contributed by atoms with Crippen molar-refractivity contribution in [2.24, 2.45) is 0 Å². The Balaban J connectivity index is 1.03. The molecule has 3 aliphatic rings. The van der Waals surface area contributed by atoms with Crippen LogP contribution in [-0.2, 0) is 22.6 Å². The van der Waals surface area contributed by atoms with Crippen LogP contribution in [0.15, 0.2) is 71.5 Å². The number of nitrogens with one attached hydrogen (secondary N) is 1. The van der Waals surface area contributed by atoms with E-state index >= 15 is 0 Å². The smallest absolute Gasteiger partial charge is 0.416 e. The summed E-state index contributed by atoms with van der Waals surface area (Å²) in [5, 5.41) is 14.3. The highest BCUT2D eigenvalue weighted by molar-refractivity contribution is 5.97. The molecule has 12 nitrogen and oxygen atoms in total. The van der Waals surface area contributed by atoms with Crippen molar-refractivity contribution in [3.8, 4) is 17.2 Å². The average Bonchev–Trinajstić information content (AvgIpc) is 3.38. The fraction of sp³-hybridized carbons (Fsp3) is 0.333. The summed E-state index contributed by atoms with van der Waals surface area (Å²) in [6.45, 7) is 1.18. The van der Waals surface area contributed by atoms with E-state index in [1.807, 2.05) is 24.3 Å². The number of hydrogen-bond donors (Lipinski definition) is 2. The third-order valence-corrected chi connectivity index (χ3v) is 8.76. The second-order valence-electron chi connectivity index (χ2n) is 11.5. The van der Waals surface area contributed by atoms with Gasteiger partial charge in [0.1, 0.15) is 23.4 Å². The van der Waals surface area contributed by atoms with Crippen molar-refractivity contribution in [2.75, 3.05) is 30.1 Å². The number of fused-ring (bicyclic) bond motifs is 3. The first kappa shape index (κ1) is 28.7. The molecule has 2 amide bonds. The minimum atomic E-state index is -0.468. The number of anilines is 2. The molecule has 232 valence electrons. The highest BCUT2D eigenvalue weighted by Gasteiger charge is 2.47. The van der Waals surface area contributed by atoms with E-state index in [0.29, 0.717) is 55.4 Å². The molecule has 2 aromatic carbocycles. The fourth-order valence-electron chi connectivity index (χ4n) is 6.47. The maximum atomic E-state index is 13.2. The Kier molecular flexibility index (Phi) is 7.50. The Morgan fingerprint density at radius 2 is 1.84 bits per heavy atom. The molecule has 4 heterocycles. The molecule has 0 bridgehead atoms. The van der Waals surface area contributed by atoms with Crippen LogP contribution < -0.4 is 30.1 Å². The number of ether oxygens (including phenoxy) is 3. The third kappa shape index (κ3) is 5.53. The minimum Gasteiger partial charge on any atom is -0.508 e. The molecule has 3 atom stereocenters. The first-order chi connectivity index (χ1) is 21.9. The van der Waals surface area contributed by atoms with Crippen LogP contribution in [0.4, 0.5) is 16.4 Å². The lowest BCUT2D eigenvalue weighted by atomic mass is 9.88. The zero-order chi connectivity index (χ0) is 31.1. The molecule has 0 spiro atoms. The summed E-state index contributed by atoms with van der Waals surface area (Å²) in [7, 11) is 1.60. The Labute approximate surface area is 258 Å². The van der Waals surface area contributed by atoms with Gasteiger partial charge >= 0.3 is 6.09 Å². The van der Waals surface area contributed by atoms with Gasteiger partial charge in [-0.05, 0) is 66.3 Å². The molecule has 2 aromatic heterocycles. The second-order valence-corrected chi connectivity index (χ2v) is 11.5. The van der Waals surface area contributed by atoms with Crippen LogP contribution in [-0.4, -0.2) is 65.1 Å². The Morgan fingerprint density at radius 3 is 2.67 bits per heavy atom. The van der Waals surface area contributed by atoms with E-state index in [1.165, 1.54) is 6.07 Å². The van der Waals surface area contributed by atoms with Crippen molar-refractivity contribution < 1.29 is 28.9 Å². The molecular weight excluding hydrogens is 578 g/mol. The van der Waals surface area contributed by atoms with Crippen LogP contribution in [0, 0.1) is 0 Å². The number of pyridine rings is 2. The first-order valence-corrected chi connectivity index (χ1v) is 15.0. The van der Waals surface area contributed by atoms with Gasteiger partial charge < -0.3 is 29.2 Å². The van der Waals surface area contributed by atoms with Crippen LogP contribution in [0.5, 0.6) is 17.2 Å². The van der Waals surface area contributed by atoms with Crippen LogP contribution in [0.3, 0.4) is 0 Å². The number of phenols is 1. The predicted octanol–water partition coefficient (Wildman–Crippen LogP) is 3.57. The van der Waals surface area contributed by atoms with E-state index in [1.54, 1.807) is 57.9 Å². The second kappa shape index (κ2) is 11.8. The number of amides is 2. The van der Waals surface area contributed by atoms with Gasteiger partial charge in [0.05, 0.1) is 25.2 Å².